The van der Waals surface area contributed by atoms with Gasteiger partial charge in [-0.2, -0.15) is 5.26 Å². The van der Waals surface area contributed by atoms with E-state index in [1.165, 1.54) is 12.1 Å². The maximum absolute atomic E-state index is 13.1. The van der Waals surface area contributed by atoms with E-state index >= 15 is 0 Å². The van der Waals surface area contributed by atoms with E-state index in [9.17, 15) is 4.39 Å². The molecule has 0 aliphatic carbocycles. The lowest BCUT2D eigenvalue weighted by molar-refractivity contribution is 0.627. The van der Waals surface area contributed by atoms with Crippen molar-refractivity contribution in [2.45, 2.75) is 13.0 Å². The van der Waals surface area contributed by atoms with Gasteiger partial charge in [-0.05, 0) is 48.2 Å². The second-order valence-corrected chi connectivity index (χ2v) is 5.69. The molecule has 0 radical (unpaired) electrons. The number of hydrogen-bond donors (Lipinski definition) is 1. The molecule has 3 rings (SSSR count). The summed E-state index contributed by atoms with van der Waals surface area (Å²) in [6, 6.07) is 10.2. The highest BCUT2D eigenvalue weighted by Gasteiger charge is 2.10. The minimum absolute atomic E-state index is 0.0263. The Kier molecular flexibility index (Phi) is 3.55. The number of thiophene rings is 1. The summed E-state index contributed by atoms with van der Waals surface area (Å²) in [7, 11) is 0. The van der Waals surface area contributed by atoms with E-state index in [2.05, 4.69) is 16.4 Å². The smallest absolute Gasteiger partial charge is 0.124 e. The molecule has 0 saturated heterocycles. The lowest BCUT2D eigenvalue weighted by atomic mass is 10.1. The van der Waals surface area contributed by atoms with Crippen LogP contribution in [0, 0.1) is 17.1 Å². The van der Waals surface area contributed by atoms with Crippen molar-refractivity contribution in [1.82, 2.24) is 4.98 Å². The Hall–Kier alpha value is -2.45. The second-order valence-electron chi connectivity index (χ2n) is 4.74. The van der Waals surface area contributed by atoms with Crippen LogP contribution in [0.1, 0.15) is 24.1 Å². The quantitative estimate of drug-likeness (QED) is 0.775. The van der Waals surface area contributed by atoms with Crippen molar-refractivity contribution >= 4 is 27.2 Å². The molecule has 0 amide bonds. The van der Waals surface area contributed by atoms with Gasteiger partial charge in [-0.1, -0.05) is 0 Å². The van der Waals surface area contributed by atoms with Crippen molar-refractivity contribution in [3.05, 3.63) is 58.9 Å². The standard InChI is InChI=1S/C16H12FN3S/c1-10(12-7-16-15(19-9-12)4-5-21-16)20-14-3-2-13(17)6-11(14)8-18/h2-7,9-10,20H,1H3. The largest absolute Gasteiger partial charge is 0.377 e. The number of rotatable bonds is 3. The fraction of sp³-hybridized carbons (Fsp3) is 0.125. The predicted molar refractivity (Wildman–Crippen MR) is 82.8 cm³/mol. The number of aromatic nitrogens is 1. The zero-order chi connectivity index (χ0) is 14.8. The fourth-order valence-corrected chi connectivity index (χ4v) is 2.94. The molecular weight excluding hydrogens is 285 g/mol. The Morgan fingerprint density at radius 3 is 3.00 bits per heavy atom. The third-order valence-electron chi connectivity index (χ3n) is 3.30. The van der Waals surface area contributed by atoms with Crippen molar-refractivity contribution in [2.24, 2.45) is 0 Å². The Morgan fingerprint density at radius 1 is 1.33 bits per heavy atom. The first-order valence-corrected chi connectivity index (χ1v) is 7.34. The van der Waals surface area contributed by atoms with E-state index in [1.54, 1.807) is 17.4 Å². The molecule has 1 N–H and O–H groups in total. The summed E-state index contributed by atoms with van der Waals surface area (Å²) in [4.78, 5) is 4.41. The van der Waals surface area contributed by atoms with Crippen LogP contribution in [0.3, 0.4) is 0 Å². The maximum Gasteiger partial charge on any atom is 0.124 e. The summed E-state index contributed by atoms with van der Waals surface area (Å²) in [6.07, 6.45) is 1.82. The minimum Gasteiger partial charge on any atom is -0.377 e. The van der Waals surface area contributed by atoms with Gasteiger partial charge in [0.2, 0.25) is 0 Å². The van der Waals surface area contributed by atoms with Crippen molar-refractivity contribution < 1.29 is 4.39 Å². The first-order chi connectivity index (χ1) is 10.2. The first kappa shape index (κ1) is 13.5. The lowest BCUT2D eigenvalue weighted by Gasteiger charge is -2.16. The molecule has 0 saturated carbocycles. The van der Waals surface area contributed by atoms with E-state index < -0.39 is 5.82 Å². The van der Waals surface area contributed by atoms with Crippen LogP contribution in [0.5, 0.6) is 0 Å². The number of nitrogens with one attached hydrogen (secondary N) is 1. The Balaban J connectivity index is 1.89. The number of fused-ring (bicyclic) bond motifs is 1. The summed E-state index contributed by atoms with van der Waals surface area (Å²) in [5.41, 5.74) is 2.93. The van der Waals surface area contributed by atoms with E-state index in [0.717, 1.165) is 15.8 Å². The summed E-state index contributed by atoms with van der Waals surface area (Å²) >= 11 is 1.64. The summed E-state index contributed by atoms with van der Waals surface area (Å²) in [5.74, 6) is -0.411. The zero-order valence-corrected chi connectivity index (χ0v) is 12.1. The van der Waals surface area contributed by atoms with Crippen LogP contribution in [0.4, 0.5) is 10.1 Å². The second kappa shape index (κ2) is 5.51. The molecule has 1 aromatic carbocycles. The molecule has 0 aliphatic rings. The van der Waals surface area contributed by atoms with Crippen LogP contribution in [0.2, 0.25) is 0 Å². The topological polar surface area (TPSA) is 48.7 Å². The SMILES string of the molecule is CC(Nc1ccc(F)cc1C#N)c1cnc2ccsc2c1. The minimum atomic E-state index is -0.411. The van der Waals surface area contributed by atoms with E-state index in [-0.39, 0.29) is 6.04 Å². The van der Waals surface area contributed by atoms with Crippen LogP contribution in [0.15, 0.2) is 41.9 Å². The van der Waals surface area contributed by atoms with Gasteiger partial charge in [0.05, 0.1) is 27.5 Å². The number of nitrogens with zero attached hydrogens (tertiary/aromatic N) is 2. The van der Waals surface area contributed by atoms with Gasteiger partial charge in [0, 0.05) is 6.20 Å². The van der Waals surface area contributed by atoms with Crippen LogP contribution in [0.25, 0.3) is 10.2 Å². The van der Waals surface area contributed by atoms with Gasteiger partial charge in [-0.3, -0.25) is 4.98 Å². The predicted octanol–water partition coefficient (Wildman–Crippen LogP) is 4.48. The molecule has 1 atom stereocenters. The molecule has 5 heteroatoms. The van der Waals surface area contributed by atoms with Gasteiger partial charge in [0.25, 0.3) is 0 Å². The summed E-state index contributed by atoms with van der Waals surface area (Å²) in [5, 5.41) is 14.3. The molecule has 0 spiro atoms. The summed E-state index contributed by atoms with van der Waals surface area (Å²) < 4.78 is 14.3. The highest BCUT2D eigenvalue weighted by Crippen LogP contribution is 2.26. The van der Waals surface area contributed by atoms with E-state index in [0.29, 0.717) is 11.3 Å². The van der Waals surface area contributed by atoms with Crippen LogP contribution in [-0.4, -0.2) is 4.98 Å². The number of pyridine rings is 1. The van der Waals surface area contributed by atoms with Crippen molar-refractivity contribution in [3.63, 3.8) is 0 Å². The molecule has 0 bridgehead atoms. The highest BCUT2D eigenvalue weighted by molar-refractivity contribution is 7.17. The molecule has 2 aromatic heterocycles. The first-order valence-electron chi connectivity index (χ1n) is 6.46. The fourth-order valence-electron chi connectivity index (χ4n) is 2.15. The molecular formula is C16H12FN3S. The van der Waals surface area contributed by atoms with Gasteiger partial charge < -0.3 is 5.32 Å². The number of nitriles is 1. The van der Waals surface area contributed by atoms with Gasteiger partial charge in [0.15, 0.2) is 0 Å². The van der Waals surface area contributed by atoms with E-state index in [4.69, 9.17) is 5.26 Å². The van der Waals surface area contributed by atoms with Gasteiger partial charge in [-0.15, -0.1) is 11.3 Å². The van der Waals surface area contributed by atoms with Gasteiger partial charge >= 0.3 is 0 Å². The van der Waals surface area contributed by atoms with Gasteiger partial charge in [-0.25, -0.2) is 4.39 Å². The van der Waals surface area contributed by atoms with E-state index in [1.807, 2.05) is 30.6 Å². The molecule has 2 heterocycles. The average Bonchev–Trinajstić information content (AvgIpc) is 2.96. The monoisotopic (exact) mass is 297 g/mol. The molecule has 3 nitrogen and oxygen atoms in total. The average molecular weight is 297 g/mol. The third kappa shape index (κ3) is 2.71. The Bertz CT molecular complexity index is 835. The number of anilines is 1. The maximum atomic E-state index is 13.1. The Morgan fingerprint density at radius 2 is 2.19 bits per heavy atom. The molecule has 104 valence electrons. The number of hydrogen-bond acceptors (Lipinski definition) is 4. The molecule has 0 fully saturated rings. The van der Waals surface area contributed by atoms with Crippen molar-refractivity contribution in [1.29, 1.82) is 5.26 Å². The number of benzene rings is 1. The molecule has 3 aromatic rings. The molecule has 1 unspecified atom stereocenters. The molecule has 21 heavy (non-hydrogen) atoms. The normalized spacial score (nSPS) is 12.0. The Labute approximate surface area is 125 Å². The van der Waals surface area contributed by atoms with Crippen LogP contribution >= 0.6 is 11.3 Å². The van der Waals surface area contributed by atoms with Crippen molar-refractivity contribution in [3.8, 4) is 6.07 Å². The summed E-state index contributed by atoms with van der Waals surface area (Å²) in [6.45, 7) is 1.99. The molecule has 0 aliphatic heterocycles. The third-order valence-corrected chi connectivity index (χ3v) is 4.15. The van der Waals surface area contributed by atoms with Crippen molar-refractivity contribution in [2.75, 3.05) is 5.32 Å². The zero-order valence-electron chi connectivity index (χ0n) is 11.3. The highest BCUT2D eigenvalue weighted by atomic mass is 32.1. The van der Waals surface area contributed by atoms with Gasteiger partial charge in [0.1, 0.15) is 11.9 Å². The van der Waals surface area contributed by atoms with Crippen LogP contribution in [-0.2, 0) is 0 Å². The lowest BCUT2D eigenvalue weighted by Crippen LogP contribution is -2.08. The number of halogens is 1. The van der Waals surface area contributed by atoms with Crippen LogP contribution < -0.4 is 5.32 Å².